The Balaban J connectivity index is 1.59. The maximum atomic E-state index is 12.7. The first-order valence-electron chi connectivity index (χ1n) is 8.77. The number of carbonyl (C=O) groups excluding carboxylic acids is 1. The highest BCUT2D eigenvalue weighted by Crippen LogP contribution is 2.30. The van der Waals surface area contributed by atoms with E-state index in [4.69, 9.17) is 8.83 Å². The van der Waals surface area contributed by atoms with Crippen LogP contribution in [0.5, 0.6) is 0 Å². The average molecular weight is 335 g/mol. The standard InChI is InChI=1S/C21H21NO3/c1-2-19-18(17-7-3-4-8-20(17)25-19)11-12-21(23)22(15-9-10-15)14-16-6-5-13-24-16/h3-8,11-13,15H,2,9-10,14H2,1H3. The lowest BCUT2D eigenvalue weighted by Crippen LogP contribution is -2.30. The topological polar surface area (TPSA) is 46.6 Å². The number of para-hydroxylation sites is 1. The predicted octanol–water partition coefficient (Wildman–Crippen LogP) is 4.79. The zero-order valence-corrected chi connectivity index (χ0v) is 14.3. The van der Waals surface area contributed by atoms with Gasteiger partial charge < -0.3 is 13.7 Å². The molecule has 0 saturated heterocycles. The molecule has 0 atom stereocenters. The van der Waals surface area contributed by atoms with Crippen LogP contribution in [0.2, 0.25) is 0 Å². The highest BCUT2D eigenvalue weighted by atomic mass is 16.3. The Morgan fingerprint density at radius 2 is 2.08 bits per heavy atom. The third-order valence-corrected chi connectivity index (χ3v) is 4.60. The molecule has 0 bridgehead atoms. The molecule has 1 aliphatic carbocycles. The summed E-state index contributed by atoms with van der Waals surface area (Å²) in [5.74, 6) is 1.75. The van der Waals surface area contributed by atoms with Crippen LogP contribution in [-0.4, -0.2) is 16.8 Å². The first-order chi connectivity index (χ1) is 12.3. The zero-order chi connectivity index (χ0) is 17.2. The molecule has 0 N–H and O–H groups in total. The number of furan rings is 2. The van der Waals surface area contributed by atoms with E-state index in [0.717, 1.165) is 47.3 Å². The number of nitrogens with zero attached hydrogens (tertiary/aromatic N) is 1. The summed E-state index contributed by atoms with van der Waals surface area (Å²) in [5.41, 5.74) is 1.86. The van der Waals surface area contributed by atoms with Crippen LogP contribution in [0.3, 0.4) is 0 Å². The average Bonchev–Trinajstić information content (AvgIpc) is 3.22. The van der Waals surface area contributed by atoms with Crippen molar-refractivity contribution in [1.82, 2.24) is 4.90 Å². The molecule has 2 heterocycles. The van der Waals surface area contributed by atoms with E-state index in [-0.39, 0.29) is 5.91 Å². The Bertz CT molecular complexity index is 901. The molecule has 0 radical (unpaired) electrons. The number of hydrogen-bond acceptors (Lipinski definition) is 3. The van der Waals surface area contributed by atoms with Crippen molar-refractivity contribution in [2.24, 2.45) is 0 Å². The van der Waals surface area contributed by atoms with E-state index in [2.05, 4.69) is 6.92 Å². The molecule has 128 valence electrons. The maximum absolute atomic E-state index is 12.7. The van der Waals surface area contributed by atoms with Crippen molar-refractivity contribution in [1.29, 1.82) is 0 Å². The maximum Gasteiger partial charge on any atom is 0.247 e. The summed E-state index contributed by atoms with van der Waals surface area (Å²) in [6.45, 7) is 2.58. The van der Waals surface area contributed by atoms with Gasteiger partial charge in [-0.15, -0.1) is 0 Å². The van der Waals surface area contributed by atoms with E-state index in [1.54, 1.807) is 12.3 Å². The Hall–Kier alpha value is -2.75. The molecule has 0 unspecified atom stereocenters. The monoisotopic (exact) mass is 335 g/mol. The summed E-state index contributed by atoms with van der Waals surface area (Å²) in [4.78, 5) is 14.6. The van der Waals surface area contributed by atoms with Crippen molar-refractivity contribution in [3.63, 3.8) is 0 Å². The molecule has 4 rings (SSSR count). The molecule has 1 fully saturated rings. The van der Waals surface area contributed by atoms with Gasteiger partial charge in [0.2, 0.25) is 5.91 Å². The van der Waals surface area contributed by atoms with Gasteiger partial charge in [0, 0.05) is 29.5 Å². The third kappa shape index (κ3) is 3.25. The van der Waals surface area contributed by atoms with Gasteiger partial charge >= 0.3 is 0 Å². The van der Waals surface area contributed by atoms with E-state index < -0.39 is 0 Å². The minimum absolute atomic E-state index is 0.0197. The fourth-order valence-electron chi connectivity index (χ4n) is 3.16. The summed E-state index contributed by atoms with van der Waals surface area (Å²) < 4.78 is 11.3. The largest absolute Gasteiger partial charge is 0.467 e. The van der Waals surface area contributed by atoms with Crippen molar-refractivity contribution in [3.05, 3.63) is 65.8 Å². The van der Waals surface area contributed by atoms with E-state index in [1.807, 2.05) is 47.4 Å². The molecule has 2 aromatic heterocycles. The van der Waals surface area contributed by atoms with Crippen molar-refractivity contribution in [3.8, 4) is 0 Å². The van der Waals surface area contributed by atoms with E-state index in [1.165, 1.54) is 0 Å². The molecule has 0 spiro atoms. The fourth-order valence-corrected chi connectivity index (χ4v) is 3.16. The van der Waals surface area contributed by atoms with Gasteiger partial charge in [-0.2, -0.15) is 0 Å². The van der Waals surface area contributed by atoms with E-state index in [0.29, 0.717) is 12.6 Å². The first kappa shape index (κ1) is 15.8. The molecule has 1 saturated carbocycles. The van der Waals surface area contributed by atoms with Crippen molar-refractivity contribution in [2.45, 2.75) is 38.8 Å². The summed E-state index contributed by atoms with van der Waals surface area (Å²) in [5, 5.41) is 1.05. The molecule has 25 heavy (non-hydrogen) atoms. The van der Waals surface area contributed by atoms with Gasteiger partial charge in [0.1, 0.15) is 17.1 Å². The van der Waals surface area contributed by atoms with Crippen LogP contribution in [0.25, 0.3) is 17.0 Å². The van der Waals surface area contributed by atoms with Crippen LogP contribution < -0.4 is 0 Å². The Labute approximate surface area is 146 Å². The van der Waals surface area contributed by atoms with Crippen LogP contribution in [0, 0.1) is 0 Å². The number of amides is 1. The third-order valence-electron chi connectivity index (χ3n) is 4.60. The molecule has 1 amide bonds. The van der Waals surface area contributed by atoms with Gasteiger partial charge in [-0.1, -0.05) is 25.1 Å². The minimum Gasteiger partial charge on any atom is -0.467 e. The summed E-state index contributed by atoms with van der Waals surface area (Å²) in [6.07, 6.45) is 8.12. The van der Waals surface area contributed by atoms with Gasteiger partial charge in [-0.05, 0) is 37.1 Å². The predicted molar refractivity (Wildman–Crippen MR) is 96.9 cm³/mol. The highest BCUT2D eigenvalue weighted by molar-refractivity contribution is 5.96. The van der Waals surface area contributed by atoms with Crippen LogP contribution in [0.15, 0.2) is 57.6 Å². The molecule has 4 heteroatoms. The lowest BCUT2D eigenvalue weighted by Gasteiger charge is -2.19. The number of fused-ring (bicyclic) bond motifs is 1. The van der Waals surface area contributed by atoms with Crippen molar-refractivity contribution >= 4 is 23.0 Å². The minimum atomic E-state index is 0.0197. The molecule has 4 nitrogen and oxygen atoms in total. The SMILES string of the molecule is CCc1oc2ccccc2c1C=CC(=O)N(Cc1ccco1)C1CC1. The second kappa shape index (κ2) is 6.63. The Morgan fingerprint density at radius 1 is 1.24 bits per heavy atom. The first-order valence-corrected chi connectivity index (χ1v) is 8.77. The van der Waals surface area contributed by atoms with Gasteiger partial charge in [-0.25, -0.2) is 0 Å². The molecule has 0 aliphatic heterocycles. The number of aryl methyl sites for hydroxylation is 1. The highest BCUT2D eigenvalue weighted by Gasteiger charge is 2.32. The van der Waals surface area contributed by atoms with Crippen LogP contribution in [0.4, 0.5) is 0 Å². The van der Waals surface area contributed by atoms with Crippen molar-refractivity contribution < 1.29 is 13.6 Å². The second-order valence-electron chi connectivity index (χ2n) is 6.40. The Morgan fingerprint density at radius 3 is 2.80 bits per heavy atom. The number of hydrogen-bond donors (Lipinski definition) is 0. The Kier molecular flexibility index (Phi) is 4.18. The van der Waals surface area contributed by atoms with Crippen LogP contribution >= 0.6 is 0 Å². The van der Waals surface area contributed by atoms with Crippen LogP contribution in [0.1, 0.15) is 36.8 Å². The fraction of sp³-hybridized carbons (Fsp3) is 0.286. The van der Waals surface area contributed by atoms with E-state index >= 15 is 0 Å². The molecular formula is C21H21NO3. The van der Waals surface area contributed by atoms with Gasteiger partial charge in [0.25, 0.3) is 0 Å². The summed E-state index contributed by atoms with van der Waals surface area (Å²) >= 11 is 0. The number of rotatable bonds is 6. The lowest BCUT2D eigenvalue weighted by atomic mass is 10.1. The number of carbonyl (C=O) groups is 1. The normalized spacial score (nSPS) is 14.4. The summed E-state index contributed by atoms with van der Waals surface area (Å²) in [7, 11) is 0. The smallest absolute Gasteiger partial charge is 0.247 e. The zero-order valence-electron chi connectivity index (χ0n) is 14.3. The lowest BCUT2D eigenvalue weighted by molar-refractivity contribution is -0.127. The van der Waals surface area contributed by atoms with Gasteiger partial charge in [0.05, 0.1) is 12.8 Å². The second-order valence-corrected chi connectivity index (χ2v) is 6.40. The van der Waals surface area contributed by atoms with Crippen molar-refractivity contribution in [2.75, 3.05) is 0 Å². The van der Waals surface area contributed by atoms with E-state index in [9.17, 15) is 4.79 Å². The van der Waals surface area contributed by atoms with Gasteiger partial charge in [-0.3, -0.25) is 4.79 Å². The molecular weight excluding hydrogens is 314 g/mol. The van der Waals surface area contributed by atoms with Gasteiger partial charge in [0.15, 0.2) is 0 Å². The number of benzene rings is 1. The quantitative estimate of drug-likeness (QED) is 0.608. The molecule has 3 aromatic rings. The molecule has 1 aliphatic rings. The molecule has 1 aromatic carbocycles. The van der Waals surface area contributed by atoms with Crippen LogP contribution in [-0.2, 0) is 17.8 Å². The summed E-state index contributed by atoms with van der Waals surface area (Å²) in [6, 6.07) is 12.0.